The number of phenolic OH excluding ortho intramolecular Hbond substituents is 3. The van der Waals surface area contributed by atoms with Gasteiger partial charge in [0.15, 0.2) is 17.1 Å². The van der Waals surface area contributed by atoms with Crippen LogP contribution in [0.15, 0.2) is 39.5 Å². The Bertz CT molecular complexity index is 1250. The third-order valence-corrected chi connectivity index (χ3v) is 5.47. The molecule has 0 radical (unpaired) electrons. The zero-order valence-corrected chi connectivity index (χ0v) is 17.7. The summed E-state index contributed by atoms with van der Waals surface area (Å²) in [6.07, 6.45) is -8.31. The second-order valence-corrected chi connectivity index (χ2v) is 7.60. The minimum absolute atomic E-state index is 0.0922. The number of phenols is 3. The molecule has 0 spiro atoms. The highest BCUT2D eigenvalue weighted by molar-refractivity contribution is 5.93. The molecule has 2 aromatic carbocycles. The van der Waals surface area contributed by atoms with Crippen molar-refractivity contribution in [2.75, 3.05) is 13.7 Å². The smallest absolute Gasteiger partial charge is 0.239 e. The predicted octanol–water partition coefficient (Wildman–Crippen LogP) is -0.236. The lowest BCUT2D eigenvalue weighted by Gasteiger charge is -2.39. The predicted molar refractivity (Wildman–Crippen MR) is 114 cm³/mol. The Balaban J connectivity index is 1.93. The normalized spacial score (nSPS) is 24.8. The van der Waals surface area contributed by atoms with Crippen LogP contribution in [0.2, 0.25) is 0 Å². The Morgan fingerprint density at radius 2 is 1.68 bits per heavy atom. The molecule has 12 nitrogen and oxygen atoms in total. The van der Waals surface area contributed by atoms with Crippen molar-refractivity contribution in [3.05, 3.63) is 40.6 Å². The van der Waals surface area contributed by atoms with Crippen LogP contribution < -0.4 is 14.9 Å². The Hall–Kier alpha value is -3.55. The van der Waals surface area contributed by atoms with Crippen molar-refractivity contribution in [1.82, 2.24) is 0 Å². The summed E-state index contributed by atoms with van der Waals surface area (Å²) in [5, 5.41) is 69.8. The summed E-state index contributed by atoms with van der Waals surface area (Å²) >= 11 is 0. The van der Waals surface area contributed by atoms with E-state index in [2.05, 4.69) is 0 Å². The van der Waals surface area contributed by atoms with Gasteiger partial charge in [0, 0.05) is 11.6 Å². The first-order valence-corrected chi connectivity index (χ1v) is 10.0. The monoisotopic (exact) mass is 478 g/mol. The molecule has 1 aliphatic heterocycles. The van der Waals surface area contributed by atoms with E-state index < -0.39 is 71.0 Å². The summed E-state index contributed by atoms with van der Waals surface area (Å²) < 4.78 is 21.6. The first-order chi connectivity index (χ1) is 16.2. The molecule has 0 saturated carbocycles. The van der Waals surface area contributed by atoms with Gasteiger partial charge < -0.3 is 54.4 Å². The molecule has 1 aromatic heterocycles. The standard InChI is InChI=1S/C22H22O12/c1-31-11-6-10(25)13-16(28)21(34-22-18(30)17(29)14(26)12(7-23)32-22)19(33-20(13)15(11)27)8-2-4-9(24)5-3-8/h2-6,12,14,17-18,22-27,29-30H,7H2,1H3/t12?,14-,17?,18?,22+/m1/s1. The minimum atomic E-state index is -1.83. The maximum absolute atomic E-state index is 13.4. The Labute approximate surface area is 191 Å². The van der Waals surface area contributed by atoms with Gasteiger partial charge in [-0.25, -0.2) is 0 Å². The number of hydrogen-bond acceptors (Lipinski definition) is 12. The third-order valence-electron chi connectivity index (χ3n) is 5.47. The van der Waals surface area contributed by atoms with Gasteiger partial charge in [0.1, 0.15) is 41.3 Å². The molecule has 182 valence electrons. The van der Waals surface area contributed by atoms with Gasteiger partial charge in [0.05, 0.1) is 13.7 Å². The zero-order chi connectivity index (χ0) is 24.7. The van der Waals surface area contributed by atoms with E-state index in [0.717, 1.165) is 6.07 Å². The second-order valence-electron chi connectivity index (χ2n) is 7.60. The van der Waals surface area contributed by atoms with Crippen LogP contribution in [0.1, 0.15) is 0 Å². The average Bonchev–Trinajstić information content (AvgIpc) is 2.83. The average molecular weight is 478 g/mol. The summed E-state index contributed by atoms with van der Waals surface area (Å²) in [4.78, 5) is 13.4. The number of fused-ring (bicyclic) bond motifs is 1. The second kappa shape index (κ2) is 9.00. The van der Waals surface area contributed by atoms with E-state index in [1.165, 1.54) is 31.4 Å². The molecule has 0 aliphatic carbocycles. The van der Waals surface area contributed by atoms with Gasteiger partial charge in [-0.05, 0) is 24.3 Å². The molecule has 5 atom stereocenters. The van der Waals surface area contributed by atoms with E-state index in [4.69, 9.17) is 18.6 Å². The molecule has 0 bridgehead atoms. The Kier molecular flexibility index (Phi) is 6.25. The number of rotatable bonds is 5. The summed E-state index contributed by atoms with van der Waals surface area (Å²) in [5.74, 6) is -2.31. The molecular weight excluding hydrogens is 456 g/mol. The van der Waals surface area contributed by atoms with E-state index in [9.17, 15) is 40.5 Å². The number of aliphatic hydroxyl groups excluding tert-OH is 4. The van der Waals surface area contributed by atoms with Crippen molar-refractivity contribution in [3.63, 3.8) is 0 Å². The van der Waals surface area contributed by atoms with E-state index in [1.807, 2.05) is 0 Å². The van der Waals surface area contributed by atoms with Gasteiger partial charge in [-0.1, -0.05) is 0 Å². The number of ether oxygens (including phenoxy) is 3. The number of benzene rings is 2. The highest BCUT2D eigenvalue weighted by Gasteiger charge is 2.45. The van der Waals surface area contributed by atoms with Crippen LogP contribution in [0.5, 0.6) is 28.7 Å². The highest BCUT2D eigenvalue weighted by Crippen LogP contribution is 2.43. The van der Waals surface area contributed by atoms with E-state index in [-0.39, 0.29) is 22.8 Å². The number of aliphatic hydroxyl groups is 4. The van der Waals surface area contributed by atoms with Gasteiger partial charge in [-0.15, -0.1) is 0 Å². The van der Waals surface area contributed by atoms with Gasteiger partial charge in [-0.2, -0.15) is 0 Å². The molecule has 12 heteroatoms. The SMILES string of the molecule is COc1cc(O)c2c(=O)c(O[C@@H]3OC(CO)[C@@H](O)C(O)C3O)c(-c3ccc(O)cc3)oc2c1O. The van der Waals surface area contributed by atoms with Gasteiger partial charge in [0.2, 0.25) is 23.2 Å². The molecule has 3 unspecified atom stereocenters. The summed E-state index contributed by atoms with van der Waals surface area (Å²) in [6.45, 7) is -0.726. The summed E-state index contributed by atoms with van der Waals surface area (Å²) in [5.41, 5.74) is -1.21. The molecule has 1 aliphatic rings. The Morgan fingerprint density at radius 1 is 1.00 bits per heavy atom. The van der Waals surface area contributed by atoms with Crippen LogP contribution in [0.4, 0.5) is 0 Å². The van der Waals surface area contributed by atoms with Crippen LogP contribution in [0.25, 0.3) is 22.3 Å². The summed E-state index contributed by atoms with van der Waals surface area (Å²) in [6, 6.07) is 6.32. The molecule has 34 heavy (non-hydrogen) atoms. The number of hydrogen-bond donors (Lipinski definition) is 7. The molecule has 0 amide bonds. The minimum Gasteiger partial charge on any atom is -0.508 e. The largest absolute Gasteiger partial charge is 0.508 e. The maximum atomic E-state index is 13.4. The third kappa shape index (κ3) is 3.87. The van der Waals surface area contributed by atoms with E-state index in [0.29, 0.717) is 0 Å². The van der Waals surface area contributed by atoms with Crippen molar-refractivity contribution in [2.45, 2.75) is 30.7 Å². The fourth-order valence-electron chi connectivity index (χ4n) is 3.64. The molecule has 7 N–H and O–H groups in total. The van der Waals surface area contributed by atoms with Crippen LogP contribution in [-0.4, -0.2) is 80.2 Å². The van der Waals surface area contributed by atoms with E-state index >= 15 is 0 Å². The van der Waals surface area contributed by atoms with Crippen molar-refractivity contribution < 1.29 is 54.4 Å². The van der Waals surface area contributed by atoms with Crippen molar-refractivity contribution in [1.29, 1.82) is 0 Å². The molecule has 2 heterocycles. The molecule has 1 saturated heterocycles. The summed E-state index contributed by atoms with van der Waals surface area (Å²) in [7, 11) is 1.23. The fourth-order valence-corrected chi connectivity index (χ4v) is 3.64. The molecule has 3 aromatic rings. The number of aromatic hydroxyl groups is 3. The van der Waals surface area contributed by atoms with Crippen LogP contribution in [0.3, 0.4) is 0 Å². The van der Waals surface area contributed by atoms with Gasteiger partial charge in [0.25, 0.3) is 0 Å². The Morgan fingerprint density at radius 3 is 2.29 bits per heavy atom. The van der Waals surface area contributed by atoms with Crippen LogP contribution in [0, 0.1) is 0 Å². The quantitative estimate of drug-likeness (QED) is 0.238. The lowest BCUT2D eigenvalue weighted by atomic mass is 9.99. The topological polar surface area (TPSA) is 200 Å². The maximum Gasteiger partial charge on any atom is 0.239 e. The lowest BCUT2D eigenvalue weighted by molar-refractivity contribution is -0.277. The van der Waals surface area contributed by atoms with Gasteiger partial charge >= 0.3 is 0 Å². The van der Waals surface area contributed by atoms with Crippen molar-refractivity contribution in [2.24, 2.45) is 0 Å². The van der Waals surface area contributed by atoms with Crippen molar-refractivity contribution >= 4 is 11.0 Å². The molecular formula is C22H22O12. The first kappa shape index (κ1) is 23.6. The molecule has 4 rings (SSSR count). The lowest BCUT2D eigenvalue weighted by Crippen LogP contribution is -2.60. The first-order valence-electron chi connectivity index (χ1n) is 10.0. The van der Waals surface area contributed by atoms with E-state index in [1.54, 1.807) is 0 Å². The molecule has 1 fully saturated rings. The fraction of sp³-hybridized carbons (Fsp3) is 0.318. The highest BCUT2D eigenvalue weighted by atomic mass is 16.7. The van der Waals surface area contributed by atoms with Crippen LogP contribution in [-0.2, 0) is 4.74 Å². The van der Waals surface area contributed by atoms with Gasteiger partial charge in [-0.3, -0.25) is 4.79 Å². The van der Waals surface area contributed by atoms with Crippen LogP contribution >= 0.6 is 0 Å². The number of methoxy groups -OCH3 is 1. The van der Waals surface area contributed by atoms with Crippen molar-refractivity contribution in [3.8, 4) is 40.1 Å². The zero-order valence-electron chi connectivity index (χ0n) is 17.7.